The lowest BCUT2D eigenvalue weighted by Gasteiger charge is -2.68. The molecule has 3 amide bonds. The zero-order valence-corrected chi connectivity index (χ0v) is 33.7. The lowest BCUT2D eigenvalue weighted by Crippen LogP contribution is -2.89. The standard InChI is InChI=1S/C43H68N4O3/c1-14-19-27-47(29(6)7)43(44-28-48,45-34(12)49)42(46-38(50)22-15-2,37-25-20-23-35(37)16-3)40(13,39-32(10)30(8)31(9)33(39)11)41(18-5)26-21-24-36(41)17-4/h20-21,23-24,26,28-29,32H,14-19,22,25,27H2,1-13H3,(H,44,48)(H,45,49)(H,46,50). The van der Waals surface area contributed by atoms with E-state index in [1.807, 2.05) is 6.92 Å². The van der Waals surface area contributed by atoms with Crippen LogP contribution in [0.25, 0.3) is 0 Å². The Morgan fingerprint density at radius 3 is 2.20 bits per heavy atom. The van der Waals surface area contributed by atoms with Crippen LogP contribution >= 0.6 is 0 Å². The Kier molecular flexibility index (Phi) is 13.6. The Labute approximate surface area is 304 Å². The molecule has 0 spiro atoms. The normalized spacial score (nSPS) is 24.1. The van der Waals surface area contributed by atoms with Crippen LogP contribution in [0.4, 0.5) is 0 Å². The van der Waals surface area contributed by atoms with Gasteiger partial charge in [-0.05, 0) is 101 Å². The fourth-order valence-electron chi connectivity index (χ4n) is 10.2. The van der Waals surface area contributed by atoms with Gasteiger partial charge < -0.3 is 16.0 Å². The van der Waals surface area contributed by atoms with Crippen LogP contribution in [-0.2, 0) is 14.4 Å². The van der Waals surface area contributed by atoms with Crippen LogP contribution in [0.2, 0.25) is 0 Å². The third kappa shape index (κ3) is 6.30. The van der Waals surface area contributed by atoms with Gasteiger partial charge in [-0.2, -0.15) is 0 Å². The van der Waals surface area contributed by atoms with Crippen molar-refractivity contribution in [2.75, 3.05) is 6.54 Å². The van der Waals surface area contributed by atoms with Gasteiger partial charge >= 0.3 is 0 Å². The summed E-state index contributed by atoms with van der Waals surface area (Å²) in [7, 11) is 0. The molecule has 3 rings (SSSR count). The Balaban J connectivity index is 2.92. The summed E-state index contributed by atoms with van der Waals surface area (Å²) in [5.74, 6) is -1.90. The molecule has 0 aromatic carbocycles. The summed E-state index contributed by atoms with van der Waals surface area (Å²) in [5, 5.41) is 10.6. The minimum absolute atomic E-state index is 0.0485. The molecule has 0 aliphatic heterocycles. The van der Waals surface area contributed by atoms with E-state index in [2.05, 4.69) is 127 Å². The summed E-state index contributed by atoms with van der Waals surface area (Å²) in [6.45, 7) is 28.5. The number of hydrogen-bond donors (Lipinski definition) is 3. The molecule has 0 aromatic rings. The predicted octanol–water partition coefficient (Wildman–Crippen LogP) is 8.97. The van der Waals surface area contributed by atoms with E-state index in [4.69, 9.17) is 0 Å². The summed E-state index contributed by atoms with van der Waals surface area (Å²) < 4.78 is 0. The van der Waals surface area contributed by atoms with Gasteiger partial charge in [-0.1, -0.05) is 102 Å². The van der Waals surface area contributed by atoms with Crippen LogP contribution in [0.3, 0.4) is 0 Å². The first kappa shape index (κ1) is 41.2. The highest BCUT2D eigenvalue weighted by Gasteiger charge is 2.74. The summed E-state index contributed by atoms with van der Waals surface area (Å²) in [6, 6.07) is -0.122. The topological polar surface area (TPSA) is 90.5 Å². The van der Waals surface area contributed by atoms with Gasteiger partial charge in [0.15, 0.2) is 5.79 Å². The van der Waals surface area contributed by atoms with Crippen LogP contribution in [0.1, 0.15) is 141 Å². The first-order valence-corrected chi connectivity index (χ1v) is 19.4. The third-order valence-electron chi connectivity index (χ3n) is 12.7. The number of rotatable bonds is 19. The largest absolute Gasteiger partial charge is 0.341 e. The Hall–Kier alpha value is -3.19. The van der Waals surface area contributed by atoms with Gasteiger partial charge in [0, 0.05) is 36.8 Å². The van der Waals surface area contributed by atoms with E-state index >= 15 is 0 Å². The molecule has 0 radical (unpaired) electrons. The predicted molar refractivity (Wildman–Crippen MR) is 208 cm³/mol. The highest BCUT2D eigenvalue weighted by molar-refractivity contribution is 5.81. The molecule has 3 aliphatic rings. The minimum atomic E-state index is -1.57. The van der Waals surface area contributed by atoms with Crippen molar-refractivity contribution in [3.63, 3.8) is 0 Å². The van der Waals surface area contributed by atoms with Crippen molar-refractivity contribution in [2.45, 2.75) is 159 Å². The number of nitrogens with zero attached hydrogens (tertiary/aromatic N) is 1. The first-order chi connectivity index (χ1) is 23.6. The van der Waals surface area contributed by atoms with Crippen LogP contribution < -0.4 is 16.0 Å². The van der Waals surface area contributed by atoms with E-state index in [-0.39, 0.29) is 23.8 Å². The summed E-state index contributed by atoms with van der Waals surface area (Å²) >= 11 is 0. The minimum Gasteiger partial charge on any atom is -0.341 e. The molecule has 3 N–H and O–H groups in total. The molecule has 0 heterocycles. The molecular weight excluding hydrogens is 620 g/mol. The van der Waals surface area contributed by atoms with E-state index in [9.17, 15) is 14.4 Å². The van der Waals surface area contributed by atoms with Crippen LogP contribution in [-0.4, -0.2) is 47.0 Å². The summed E-state index contributed by atoms with van der Waals surface area (Å²) in [6.07, 6.45) is 17.5. The van der Waals surface area contributed by atoms with Crippen molar-refractivity contribution in [1.29, 1.82) is 0 Å². The van der Waals surface area contributed by atoms with Gasteiger partial charge in [-0.15, -0.1) is 0 Å². The Bertz CT molecular complexity index is 1490. The van der Waals surface area contributed by atoms with Gasteiger partial charge in [0.1, 0.15) is 5.54 Å². The Morgan fingerprint density at radius 1 is 1.04 bits per heavy atom. The highest BCUT2D eigenvalue weighted by Crippen LogP contribution is 2.69. The zero-order valence-electron chi connectivity index (χ0n) is 33.7. The lowest BCUT2D eigenvalue weighted by molar-refractivity contribution is -0.156. The van der Waals surface area contributed by atoms with Gasteiger partial charge in [0.05, 0.1) is 0 Å². The summed E-state index contributed by atoms with van der Waals surface area (Å²) in [4.78, 5) is 44.4. The maximum atomic E-state index is 14.8. The lowest BCUT2D eigenvalue weighted by atomic mass is 9.43. The van der Waals surface area contributed by atoms with E-state index in [1.54, 1.807) is 0 Å². The van der Waals surface area contributed by atoms with Crippen molar-refractivity contribution in [3.05, 3.63) is 69.4 Å². The second-order valence-corrected chi connectivity index (χ2v) is 15.2. The molecule has 7 heteroatoms. The quantitative estimate of drug-likeness (QED) is 0.0934. The van der Waals surface area contributed by atoms with E-state index < -0.39 is 22.2 Å². The average molecular weight is 689 g/mol. The zero-order chi connectivity index (χ0) is 37.7. The van der Waals surface area contributed by atoms with E-state index in [0.717, 1.165) is 49.7 Å². The number of allylic oxidation sites excluding steroid dienone is 10. The van der Waals surface area contributed by atoms with Crippen molar-refractivity contribution >= 4 is 18.2 Å². The van der Waals surface area contributed by atoms with E-state index in [0.29, 0.717) is 25.8 Å². The molecule has 7 nitrogen and oxygen atoms in total. The second kappa shape index (κ2) is 16.4. The molecule has 0 saturated carbocycles. The van der Waals surface area contributed by atoms with Crippen molar-refractivity contribution < 1.29 is 14.4 Å². The number of carbonyl (C=O) groups is 3. The number of hydrogen-bond acceptors (Lipinski definition) is 4. The molecule has 278 valence electrons. The number of nitrogens with one attached hydrogen (secondary N) is 3. The van der Waals surface area contributed by atoms with Crippen LogP contribution in [0.15, 0.2) is 69.4 Å². The van der Waals surface area contributed by atoms with Gasteiger partial charge in [-0.25, -0.2) is 0 Å². The molecule has 50 heavy (non-hydrogen) atoms. The fourth-order valence-corrected chi connectivity index (χ4v) is 10.2. The van der Waals surface area contributed by atoms with Gasteiger partial charge in [0.2, 0.25) is 18.2 Å². The van der Waals surface area contributed by atoms with Crippen LogP contribution in [0, 0.1) is 16.7 Å². The number of amides is 3. The van der Waals surface area contributed by atoms with E-state index in [1.165, 1.54) is 34.8 Å². The maximum Gasteiger partial charge on any atom is 0.220 e. The van der Waals surface area contributed by atoms with Gasteiger partial charge in [0.25, 0.3) is 0 Å². The van der Waals surface area contributed by atoms with Crippen molar-refractivity contribution in [1.82, 2.24) is 20.9 Å². The molecule has 0 fully saturated rings. The third-order valence-corrected chi connectivity index (χ3v) is 12.7. The highest BCUT2D eigenvalue weighted by atomic mass is 16.2. The summed E-state index contributed by atoms with van der Waals surface area (Å²) in [5.41, 5.74) is 5.58. The van der Waals surface area contributed by atoms with Crippen molar-refractivity contribution in [2.24, 2.45) is 16.7 Å². The molecule has 0 bridgehead atoms. The smallest absolute Gasteiger partial charge is 0.220 e. The Morgan fingerprint density at radius 2 is 1.72 bits per heavy atom. The monoisotopic (exact) mass is 689 g/mol. The first-order valence-electron chi connectivity index (χ1n) is 19.4. The van der Waals surface area contributed by atoms with Crippen molar-refractivity contribution in [3.8, 4) is 0 Å². The molecule has 5 atom stereocenters. The van der Waals surface area contributed by atoms with Crippen LogP contribution in [0.5, 0.6) is 0 Å². The molecule has 3 aliphatic carbocycles. The molecule has 0 aromatic heterocycles. The molecular formula is C43H68N4O3. The number of unbranched alkanes of at least 4 members (excludes halogenated alkanes) is 1. The molecule has 0 saturated heterocycles. The maximum absolute atomic E-state index is 14.8. The fraction of sp³-hybridized carbons (Fsp3) is 0.651. The average Bonchev–Trinajstić information content (AvgIpc) is 3.78. The second-order valence-electron chi connectivity index (χ2n) is 15.2. The number of carbonyl (C=O) groups excluding carboxylic acids is 3. The SMILES string of the molecule is CCCCN(C(C)C)C(NC=O)(NC(C)=O)C(NC(=O)CCC)(C1=C(CC)C=CC1)C(C)(C1=C(C)C(C)=C(C)C1C)C1(CC)C=CC=C1CC. The molecule has 5 unspecified atom stereocenters. The van der Waals surface area contributed by atoms with Gasteiger partial charge in [-0.3, -0.25) is 19.3 Å².